The van der Waals surface area contributed by atoms with E-state index in [1.165, 1.54) is 5.56 Å². The van der Waals surface area contributed by atoms with E-state index in [4.69, 9.17) is 4.74 Å². The summed E-state index contributed by atoms with van der Waals surface area (Å²) in [7, 11) is 0. The van der Waals surface area contributed by atoms with E-state index >= 15 is 0 Å². The Morgan fingerprint density at radius 1 is 0.692 bits per heavy atom. The van der Waals surface area contributed by atoms with Gasteiger partial charge in [0.1, 0.15) is 11.5 Å². The van der Waals surface area contributed by atoms with Gasteiger partial charge in [-0.25, -0.2) is 0 Å². The van der Waals surface area contributed by atoms with Gasteiger partial charge < -0.3 is 4.74 Å². The Kier molecular flexibility index (Phi) is 10.3. The molecule has 26 heavy (non-hydrogen) atoms. The summed E-state index contributed by atoms with van der Waals surface area (Å²) < 4.78 is 5.63. The lowest BCUT2D eigenvalue weighted by molar-refractivity contribution is 0.482. The van der Waals surface area contributed by atoms with E-state index in [-0.39, 0.29) is 0 Å². The highest BCUT2D eigenvalue weighted by Gasteiger charge is 1.94. The van der Waals surface area contributed by atoms with Gasteiger partial charge in [-0.1, -0.05) is 60.0 Å². The lowest BCUT2D eigenvalue weighted by Gasteiger charge is -2.04. The summed E-state index contributed by atoms with van der Waals surface area (Å²) in [6, 6.07) is 27.8. The van der Waals surface area contributed by atoms with E-state index in [2.05, 4.69) is 31.1 Å². The fraction of sp³-hybridized carbons (Fsp3) is 0.120. The SMILES string of the molecule is C#CC.CC#Cc1ccccc1.Cc1ccc(Oc2ccccc2)cc1. The zero-order valence-electron chi connectivity index (χ0n) is 15.6. The molecule has 0 unspecified atom stereocenters. The maximum Gasteiger partial charge on any atom is 0.127 e. The second-order valence-electron chi connectivity index (χ2n) is 5.26. The van der Waals surface area contributed by atoms with E-state index in [1.807, 2.05) is 91.9 Å². The molecular weight excluding hydrogens is 316 g/mol. The third-order valence-corrected chi connectivity index (χ3v) is 3.04. The number of benzene rings is 3. The molecule has 1 heteroatoms. The number of rotatable bonds is 2. The highest BCUT2D eigenvalue weighted by atomic mass is 16.5. The van der Waals surface area contributed by atoms with Crippen molar-refractivity contribution in [2.45, 2.75) is 20.8 Å². The molecule has 0 saturated heterocycles. The van der Waals surface area contributed by atoms with Crippen molar-refractivity contribution in [1.29, 1.82) is 0 Å². The zero-order valence-corrected chi connectivity index (χ0v) is 15.6. The molecule has 0 atom stereocenters. The minimum atomic E-state index is 0.872. The van der Waals surface area contributed by atoms with Crippen molar-refractivity contribution in [3.05, 3.63) is 96.1 Å². The smallest absolute Gasteiger partial charge is 0.127 e. The van der Waals surface area contributed by atoms with Gasteiger partial charge in [0.2, 0.25) is 0 Å². The summed E-state index contributed by atoms with van der Waals surface area (Å²) in [6.07, 6.45) is 4.60. The fourth-order valence-electron chi connectivity index (χ4n) is 1.90. The molecule has 3 rings (SSSR count). The van der Waals surface area contributed by atoms with E-state index < -0.39 is 0 Å². The maximum absolute atomic E-state index is 5.63. The van der Waals surface area contributed by atoms with Gasteiger partial charge in [-0.15, -0.1) is 18.3 Å². The Morgan fingerprint density at radius 3 is 1.65 bits per heavy atom. The lowest BCUT2D eigenvalue weighted by Crippen LogP contribution is -1.82. The molecule has 0 aliphatic carbocycles. The summed E-state index contributed by atoms with van der Waals surface area (Å²) in [5.41, 5.74) is 2.32. The number of ether oxygens (including phenoxy) is 1. The summed E-state index contributed by atoms with van der Waals surface area (Å²) in [6.45, 7) is 5.55. The van der Waals surface area contributed by atoms with Crippen LogP contribution in [0.5, 0.6) is 11.5 Å². The largest absolute Gasteiger partial charge is 0.457 e. The summed E-state index contributed by atoms with van der Waals surface area (Å²) in [5, 5.41) is 0. The fourth-order valence-corrected chi connectivity index (χ4v) is 1.90. The quantitative estimate of drug-likeness (QED) is 0.485. The van der Waals surface area contributed by atoms with Gasteiger partial charge in [0.25, 0.3) is 0 Å². The van der Waals surface area contributed by atoms with Crippen molar-refractivity contribution in [1.82, 2.24) is 0 Å². The van der Waals surface area contributed by atoms with Crippen LogP contribution in [-0.4, -0.2) is 0 Å². The van der Waals surface area contributed by atoms with Gasteiger partial charge >= 0.3 is 0 Å². The number of aryl methyl sites for hydroxylation is 1. The van der Waals surface area contributed by atoms with Crippen molar-refractivity contribution >= 4 is 0 Å². The molecule has 0 bridgehead atoms. The van der Waals surface area contributed by atoms with E-state index in [0.29, 0.717) is 0 Å². The van der Waals surface area contributed by atoms with Crippen LogP contribution >= 0.6 is 0 Å². The lowest BCUT2D eigenvalue weighted by atomic mass is 10.2. The van der Waals surface area contributed by atoms with Crippen LogP contribution in [0.2, 0.25) is 0 Å². The monoisotopic (exact) mass is 340 g/mol. The molecule has 3 aromatic carbocycles. The summed E-state index contributed by atoms with van der Waals surface area (Å²) >= 11 is 0. The summed E-state index contributed by atoms with van der Waals surface area (Å²) in [4.78, 5) is 0. The number of hydrogen-bond donors (Lipinski definition) is 0. The molecular formula is C25H24O. The minimum absolute atomic E-state index is 0.872. The molecule has 1 nitrogen and oxygen atoms in total. The van der Waals surface area contributed by atoms with Crippen LogP contribution in [-0.2, 0) is 0 Å². The average molecular weight is 340 g/mol. The minimum Gasteiger partial charge on any atom is -0.457 e. The maximum atomic E-state index is 5.63. The first-order valence-electron chi connectivity index (χ1n) is 8.34. The summed E-state index contributed by atoms with van der Waals surface area (Å²) in [5.74, 6) is 9.79. The van der Waals surface area contributed by atoms with Gasteiger partial charge in [-0.05, 0) is 57.2 Å². The van der Waals surface area contributed by atoms with Crippen LogP contribution in [0.4, 0.5) is 0 Å². The topological polar surface area (TPSA) is 9.23 Å². The highest BCUT2D eigenvalue weighted by molar-refractivity contribution is 5.33. The predicted octanol–water partition coefficient (Wildman–Crippen LogP) is 6.48. The second kappa shape index (κ2) is 12.9. The number of para-hydroxylation sites is 1. The van der Waals surface area contributed by atoms with Crippen LogP contribution in [0.15, 0.2) is 84.9 Å². The Hall–Kier alpha value is -3.42. The Labute approximate surface area is 157 Å². The highest BCUT2D eigenvalue weighted by Crippen LogP contribution is 2.20. The van der Waals surface area contributed by atoms with E-state index in [0.717, 1.165) is 17.1 Å². The normalized spacial score (nSPS) is 8.23. The third kappa shape index (κ3) is 9.02. The molecule has 0 fully saturated rings. The van der Waals surface area contributed by atoms with Crippen molar-refractivity contribution in [2.75, 3.05) is 0 Å². The first-order valence-corrected chi connectivity index (χ1v) is 8.34. The predicted molar refractivity (Wildman–Crippen MR) is 111 cm³/mol. The van der Waals surface area contributed by atoms with Gasteiger partial charge in [0.05, 0.1) is 0 Å². The molecule has 3 aromatic rings. The van der Waals surface area contributed by atoms with E-state index in [9.17, 15) is 0 Å². The Balaban J connectivity index is 0.000000243. The van der Waals surface area contributed by atoms with Crippen LogP contribution in [0.1, 0.15) is 25.0 Å². The van der Waals surface area contributed by atoms with Gasteiger partial charge in [0, 0.05) is 5.56 Å². The van der Waals surface area contributed by atoms with Crippen LogP contribution < -0.4 is 4.74 Å². The molecule has 0 radical (unpaired) electrons. The van der Waals surface area contributed by atoms with Gasteiger partial charge in [0.15, 0.2) is 0 Å². The standard InChI is InChI=1S/C13H12O.C9H8.C3H4/c1-11-7-9-13(10-8-11)14-12-5-3-2-4-6-12;1-2-6-9-7-4-3-5-8-9;1-3-2/h2-10H,1H3;3-5,7-8H,1H3;1H,2H3. The van der Waals surface area contributed by atoms with E-state index in [1.54, 1.807) is 6.92 Å². The Morgan fingerprint density at radius 2 is 1.15 bits per heavy atom. The van der Waals surface area contributed by atoms with Gasteiger partial charge in [-0.3, -0.25) is 0 Å². The molecule has 130 valence electrons. The van der Waals surface area contributed by atoms with Crippen molar-refractivity contribution in [3.63, 3.8) is 0 Å². The molecule has 0 heterocycles. The average Bonchev–Trinajstić information content (AvgIpc) is 2.67. The first kappa shape index (κ1) is 20.6. The number of hydrogen-bond acceptors (Lipinski definition) is 1. The zero-order chi connectivity index (χ0) is 19.0. The van der Waals surface area contributed by atoms with Crippen LogP contribution in [0.25, 0.3) is 0 Å². The number of terminal acetylenes is 1. The molecule has 0 spiro atoms. The molecule has 0 aliphatic heterocycles. The van der Waals surface area contributed by atoms with Crippen LogP contribution in [0, 0.1) is 31.1 Å². The first-order chi connectivity index (χ1) is 12.7. The molecule has 0 saturated carbocycles. The van der Waals surface area contributed by atoms with Crippen molar-refractivity contribution < 1.29 is 4.74 Å². The van der Waals surface area contributed by atoms with Crippen LogP contribution in [0.3, 0.4) is 0 Å². The molecule has 0 amide bonds. The second-order valence-corrected chi connectivity index (χ2v) is 5.26. The van der Waals surface area contributed by atoms with Crippen molar-refractivity contribution in [2.24, 2.45) is 0 Å². The molecule has 0 aromatic heterocycles. The Bertz CT molecular complexity index is 830. The van der Waals surface area contributed by atoms with Crippen molar-refractivity contribution in [3.8, 4) is 35.7 Å². The molecule has 0 N–H and O–H groups in total. The molecule has 0 aliphatic rings. The third-order valence-electron chi connectivity index (χ3n) is 3.04. The van der Waals surface area contributed by atoms with Gasteiger partial charge in [-0.2, -0.15) is 0 Å².